The minimum atomic E-state index is -0.256. The molecule has 0 heterocycles. The minimum absolute atomic E-state index is 0.0100. The first-order chi connectivity index (χ1) is 8.51. The summed E-state index contributed by atoms with van der Waals surface area (Å²) in [5.74, 6) is 0.491. The van der Waals surface area contributed by atoms with Gasteiger partial charge in [-0.3, -0.25) is 0 Å². The fraction of sp³-hybridized carbons (Fsp3) is 0.462. The molecule has 0 spiro atoms. The summed E-state index contributed by atoms with van der Waals surface area (Å²) in [5, 5.41) is 6.17. The molecule has 5 heteroatoms. The summed E-state index contributed by atoms with van der Waals surface area (Å²) in [4.78, 5) is 11.8. The molecule has 0 saturated carbocycles. The van der Waals surface area contributed by atoms with Gasteiger partial charge in [0.2, 0.25) is 0 Å². The van der Waals surface area contributed by atoms with Crippen molar-refractivity contribution in [2.45, 2.75) is 26.3 Å². The third-order valence-corrected chi connectivity index (χ3v) is 2.69. The van der Waals surface area contributed by atoms with Crippen molar-refractivity contribution in [1.82, 2.24) is 5.32 Å². The Hall–Kier alpha value is -1.26. The van der Waals surface area contributed by atoms with Gasteiger partial charge in [-0.15, -0.1) is 0 Å². The van der Waals surface area contributed by atoms with E-state index >= 15 is 0 Å². The predicted molar refractivity (Wildman–Crippen MR) is 75.9 cm³/mol. The number of nitrogens with two attached hydrogens (primary N) is 1. The highest BCUT2D eigenvalue weighted by Crippen LogP contribution is 2.14. The lowest BCUT2D eigenvalue weighted by Gasteiger charge is -2.19. The zero-order valence-electron chi connectivity index (χ0n) is 10.7. The Kier molecular flexibility index (Phi) is 5.95. The van der Waals surface area contributed by atoms with Gasteiger partial charge in [-0.2, -0.15) is 0 Å². The van der Waals surface area contributed by atoms with E-state index in [1.54, 1.807) is 24.3 Å². The molecule has 0 bridgehead atoms. The average molecular weight is 270 g/mol. The largest absolute Gasteiger partial charge is 0.334 e. The quantitative estimate of drug-likeness (QED) is 0.769. The Labute approximate surface area is 113 Å². The van der Waals surface area contributed by atoms with E-state index in [-0.39, 0.29) is 12.1 Å². The van der Waals surface area contributed by atoms with Crippen LogP contribution in [0.5, 0.6) is 0 Å². The number of carbonyl (C=O) groups excluding carboxylic acids is 1. The van der Waals surface area contributed by atoms with Crippen LogP contribution in [-0.2, 0) is 0 Å². The lowest BCUT2D eigenvalue weighted by atomic mass is 10.0. The molecular formula is C13H20ClN3O. The SMILES string of the molecule is CC(C)CC(CN)NC(=O)Nc1cccc(Cl)c1. The first kappa shape index (κ1) is 14.8. The van der Waals surface area contributed by atoms with Crippen molar-refractivity contribution in [3.05, 3.63) is 29.3 Å². The lowest BCUT2D eigenvalue weighted by molar-refractivity contribution is 0.247. The molecule has 0 radical (unpaired) electrons. The Morgan fingerprint density at radius 2 is 2.17 bits per heavy atom. The number of halogens is 1. The monoisotopic (exact) mass is 269 g/mol. The van der Waals surface area contributed by atoms with Crippen molar-refractivity contribution in [3.63, 3.8) is 0 Å². The summed E-state index contributed by atoms with van der Waals surface area (Å²) in [7, 11) is 0. The van der Waals surface area contributed by atoms with Crippen LogP contribution in [0.25, 0.3) is 0 Å². The van der Waals surface area contributed by atoms with Gasteiger partial charge >= 0.3 is 6.03 Å². The smallest absolute Gasteiger partial charge is 0.319 e. The van der Waals surface area contributed by atoms with Gasteiger partial charge in [-0.1, -0.05) is 31.5 Å². The number of anilines is 1. The summed E-state index contributed by atoms with van der Waals surface area (Å²) in [5.41, 5.74) is 6.29. The van der Waals surface area contributed by atoms with E-state index in [9.17, 15) is 4.79 Å². The van der Waals surface area contributed by atoms with Crippen LogP contribution in [0, 0.1) is 5.92 Å². The van der Waals surface area contributed by atoms with Crippen molar-refractivity contribution in [1.29, 1.82) is 0 Å². The fourth-order valence-corrected chi connectivity index (χ4v) is 1.89. The van der Waals surface area contributed by atoms with Crippen LogP contribution in [-0.4, -0.2) is 18.6 Å². The summed E-state index contributed by atoms with van der Waals surface area (Å²) in [6.45, 7) is 4.62. The van der Waals surface area contributed by atoms with Gasteiger partial charge in [0.25, 0.3) is 0 Å². The third-order valence-electron chi connectivity index (χ3n) is 2.46. The second kappa shape index (κ2) is 7.24. The van der Waals surface area contributed by atoms with Gasteiger partial charge in [-0.25, -0.2) is 4.79 Å². The molecule has 18 heavy (non-hydrogen) atoms. The molecule has 0 aliphatic heterocycles. The molecule has 1 rings (SSSR count). The van der Waals surface area contributed by atoms with Crippen molar-refractivity contribution >= 4 is 23.3 Å². The molecule has 1 aromatic rings. The molecule has 1 aromatic carbocycles. The van der Waals surface area contributed by atoms with Crippen molar-refractivity contribution in [2.24, 2.45) is 11.7 Å². The van der Waals surface area contributed by atoms with E-state index in [4.69, 9.17) is 17.3 Å². The zero-order chi connectivity index (χ0) is 13.5. The van der Waals surface area contributed by atoms with Crippen LogP contribution in [0.15, 0.2) is 24.3 Å². The van der Waals surface area contributed by atoms with Crippen LogP contribution in [0.1, 0.15) is 20.3 Å². The highest BCUT2D eigenvalue weighted by atomic mass is 35.5. The van der Waals surface area contributed by atoms with Gasteiger partial charge in [0.15, 0.2) is 0 Å². The summed E-state index contributed by atoms with van der Waals surface area (Å²) in [6.07, 6.45) is 0.861. The number of nitrogens with one attached hydrogen (secondary N) is 2. The Morgan fingerprint density at radius 3 is 2.72 bits per heavy atom. The topological polar surface area (TPSA) is 67.1 Å². The maximum atomic E-state index is 11.8. The maximum Gasteiger partial charge on any atom is 0.319 e. The first-order valence-electron chi connectivity index (χ1n) is 6.04. The van der Waals surface area contributed by atoms with E-state index in [0.717, 1.165) is 6.42 Å². The standard InChI is InChI=1S/C13H20ClN3O/c1-9(2)6-12(8-15)17-13(18)16-11-5-3-4-10(14)7-11/h3-5,7,9,12H,6,8,15H2,1-2H3,(H2,16,17,18). The van der Waals surface area contributed by atoms with Gasteiger partial charge < -0.3 is 16.4 Å². The predicted octanol–water partition coefficient (Wildman–Crippen LogP) is 2.83. The summed E-state index contributed by atoms with van der Waals surface area (Å²) in [6, 6.07) is 6.75. The van der Waals surface area contributed by atoms with Crippen LogP contribution >= 0.6 is 11.6 Å². The fourth-order valence-electron chi connectivity index (χ4n) is 1.70. The van der Waals surface area contributed by atoms with Crippen molar-refractivity contribution in [2.75, 3.05) is 11.9 Å². The Balaban J connectivity index is 2.50. The summed E-state index contributed by atoms with van der Waals surface area (Å²) < 4.78 is 0. The average Bonchev–Trinajstić information content (AvgIpc) is 2.27. The van der Waals surface area contributed by atoms with Crippen LogP contribution < -0.4 is 16.4 Å². The second-order valence-electron chi connectivity index (χ2n) is 4.67. The maximum absolute atomic E-state index is 11.8. The Morgan fingerprint density at radius 1 is 1.44 bits per heavy atom. The van der Waals surface area contributed by atoms with Crippen LogP contribution in [0.4, 0.5) is 10.5 Å². The van der Waals surface area contributed by atoms with Gasteiger partial charge in [0, 0.05) is 23.3 Å². The first-order valence-corrected chi connectivity index (χ1v) is 6.42. The van der Waals surface area contributed by atoms with Crippen LogP contribution in [0.2, 0.25) is 5.02 Å². The molecule has 0 aliphatic carbocycles. The van der Waals surface area contributed by atoms with E-state index in [1.165, 1.54) is 0 Å². The van der Waals surface area contributed by atoms with Gasteiger partial charge in [0.05, 0.1) is 0 Å². The normalized spacial score (nSPS) is 12.3. The third kappa shape index (κ3) is 5.38. The molecule has 100 valence electrons. The number of amides is 2. The zero-order valence-corrected chi connectivity index (χ0v) is 11.5. The van der Waals surface area contributed by atoms with Crippen molar-refractivity contribution < 1.29 is 4.79 Å². The van der Waals surface area contributed by atoms with E-state index in [1.807, 2.05) is 0 Å². The highest BCUT2D eigenvalue weighted by Gasteiger charge is 2.12. The lowest BCUT2D eigenvalue weighted by Crippen LogP contribution is -2.43. The number of hydrogen-bond donors (Lipinski definition) is 3. The van der Waals surface area contributed by atoms with Crippen LogP contribution in [0.3, 0.4) is 0 Å². The number of rotatable bonds is 5. The molecule has 1 atom stereocenters. The van der Waals surface area contributed by atoms with E-state index in [2.05, 4.69) is 24.5 Å². The number of benzene rings is 1. The minimum Gasteiger partial charge on any atom is -0.334 e. The number of urea groups is 1. The molecule has 0 fully saturated rings. The molecule has 4 nitrogen and oxygen atoms in total. The number of hydrogen-bond acceptors (Lipinski definition) is 2. The molecule has 0 aliphatic rings. The van der Waals surface area contributed by atoms with Gasteiger partial charge in [-0.05, 0) is 30.5 Å². The molecule has 0 saturated heterocycles. The second-order valence-corrected chi connectivity index (χ2v) is 5.11. The summed E-state index contributed by atoms with van der Waals surface area (Å²) >= 11 is 5.84. The highest BCUT2D eigenvalue weighted by molar-refractivity contribution is 6.30. The Bertz CT molecular complexity index is 396. The molecule has 0 aromatic heterocycles. The molecular weight excluding hydrogens is 250 g/mol. The van der Waals surface area contributed by atoms with E-state index in [0.29, 0.717) is 23.2 Å². The molecule has 1 unspecified atom stereocenters. The molecule has 2 amide bonds. The van der Waals surface area contributed by atoms with E-state index < -0.39 is 0 Å². The number of carbonyl (C=O) groups is 1. The van der Waals surface area contributed by atoms with Gasteiger partial charge in [0.1, 0.15) is 0 Å². The molecule has 4 N–H and O–H groups in total. The van der Waals surface area contributed by atoms with Crippen molar-refractivity contribution in [3.8, 4) is 0 Å².